The van der Waals surface area contributed by atoms with E-state index in [1.54, 1.807) is 30.9 Å². The van der Waals surface area contributed by atoms with Gasteiger partial charge in [0.25, 0.3) is 0 Å². The van der Waals surface area contributed by atoms with Crippen molar-refractivity contribution in [3.8, 4) is 5.75 Å². The maximum Gasteiger partial charge on any atom is 0.224 e. The standard InChI is InChI=1S/C14H21O4/c1-4-16-11-14(17-5-2,18-6-3)12-7-9-13(15)10-8-12/h7-11,15H,4-6H2,1-3H3. The Bertz CT molecular complexity index is 328. The molecule has 1 aromatic rings. The smallest absolute Gasteiger partial charge is 0.224 e. The van der Waals surface area contributed by atoms with E-state index in [2.05, 4.69) is 0 Å². The van der Waals surface area contributed by atoms with Gasteiger partial charge in [0.15, 0.2) is 0 Å². The van der Waals surface area contributed by atoms with E-state index in [1.165, 1.54) is 0 Å². The molecule has 4 nitrogen and oxygen atoms in total. The topological polar surface area (TPSA) is 47.9 Å². The van der Waals surface area contributed by atoms with Crippen LogP contribution in [0.4, 0.5) is 0 Å². The quantitative estimate of drug-likeness (QED) is 0.724. The fourth-order valence-corrected chi connectivity index (χ4v) is 1.66. The molecule has 1 radical (unpaired) electrons. The maximum atomic E-state index is 9.34. The maximum absolute atomic E-state index is 9.34. The van der Waals surface area contributed by atoms with Gasteiger partial charge in [0.05, 0.1) is 0 Å². The van der Waals surface area contributed by atoms with Gasteiger partial charge in [0.2, 0.25) is 5.79 Å². The van der Waals surface area contributed by atoms with Crippen LogP contribution in [0.1, 0.15) is 26.3 Å². The first-order valence-corrected chi connectivity index (χ1v) is 6.21. The lowest BCUT2D eigenvalue weighted by Gasteiger charge is -2.32. The third-order valence-electron chi connectivity index (χ3n) is 2.39. The molecule has 0 aliphatic heterocycles. The zero-order chi connectivity index (χ0) is 13.4. The summed E-state index contributed by atoms with van der Waals surface area (Å²) in [5.41, 5.74) is 0.789. The van der Waals surface area contributed by atoms with Gasteiger partial charge in [-0.2, -0.15) is 0 Å². The van der Waals surface area contributed by atoms with Gasteiger partial charge in [-0.25, -0.2) is 0 Å². The average Bonchev–Trinajstić information content (AvgIpc) is 2.37. The van der Waals surface area contributed by atoms with E-state index >= 15 is 0 Å². The van der Waals surface area contributed by atoms with Crippen LogP contribution < -0.4 is 0 Å². The molecule has 1 aromatic carbocycles. The van der Waals surface area contributed by atoms with E-state index < -0.39 is 5.79 Å². The molecular formula is C14H21O4. The number of phenolic OH excluding ortho intramolecular Hbond substituents is 1. The summed E-state index contributed by atoms with van der Waals surface area (Å²) in [6.45, 7) is 8.78. The second-order valence-corrected chi connectivity index (χ2v) is 3.65. The number of ether oxygens (including phenoxy) is 3. The lowest BCUT2D eigenvalue weighted by Crippen LogP contribution is -2.35. The van der Waals surface area contributed by atoms with Crippen molar-refractivity contribution in [3.05, 3.63) is 36.4 Å². The Labute approximate surface area is 108 Å². The van der Waals surface area contributed by atoms with E-state index in [4.69, 9.17) is 14.2 Å². The Morgan fingerprint density at radius 1 is 1.00 bits per heavy atom. The van der Waals surface area contributed by atoms with Gasteiger partial charge in [0.1, 0.15) is 12.4 Å². The van der Waals surface area contributed by atoms with E-state index in [0.29, 0.717) is 19.8 Å². The molecule has 18 heavy (non-hydrogen) atoms. The molecule has 0 atom stereocenters. The fraction of sp³-hybridized carbons (Fsp3) is 0.500. The zero-order valence-corrected chi connectivity index (χ0v) is 11.2. The Balaban J connectivity index is 3.01. The van der Waals surface area contributed by atoms with Gasteiger partial charge in [-0.1, -0.05) is 0 Å². The lowest BCUT2D eigenvalue weighted by atomic mass is 10.1. The van der Waals surface area contributed by atoms with Crippen molar-refractivity contribution < 1.29 is 19.3 Å². The Morgan fingerprint density at radius 3 is 2.00 bits per heavy atom. The summed E-state index contributed by atoms with van der Waals surface area (Å²) in [6.07, 6.45) is 0. The van der Waals surface area contributed by atoms with Gasteiger partial charge < -0.3 is 19.3 Å². The largest absolute Gasteiger partial charge is 0.508 e. The number of benzene rings is 1. The van der Waals surface area contributed by atoms with E-state index in [9.17, 15) is 5.11 Å². The van der Waals surface area contributed by atoms with Gasteiger partial charge in [-0.3, -0.25) is 0 Å². The predicted octanol–water partition coefficient (Wildman–Crippen LogP) is 2.82. The first-order valence-electron chi connectivity index (χ1n) is 6.21. The highest BCUT2D eigenvalue weighted by molar-refractivity contribution is 5.30. The van der Waals surface area contributed by atoms with Crippen LogP contribution in [0.15, 0.2) is 24.3 Å². The number of aromatic hydroxyl groups is 1. The van der Waals surface area contributed by atoms with Crippen LogP contribution in [0, 0.1) is 6.61 Å². The number of phenols is 1. The number of hydrogen-bond donors (Lipinski definition) is 1. The van der Waals surface area contributed by atoms with Crippen LogP contribution in [0.25, 0.3) is 0 Å². The molecule has 1 rings (SSSR count). The lowest BCUT2D eigenvalue weighted by molar-refractivity contribution is -0.242. The summed E-state index contributed by atoms with van der Waals surface area (Å²) in [5.74, 6) is -0.815. The van der Waals surface area contributed by atoms with E-state index in [0.717, 1.165) is 5.56 Å². The summed E-state index contributed by atoms with van der Waals surface area (Å²) in [5, 5.41) is 9.34. The summed E-state index contributed by atoms with van der Waals surface area (Å²) >= 11 is 0. The molecule has 0 amide bonds. The second-order valence-electron chi connectivity index (χ2n) is 3.65. The molecule has 4 heteroatoms. The molecule has 0 aromatic heterocycles. The summed E-state index contributed by atoms with van der Waals surface area (Å²) in [6, 6.07) is 6.72. The first-order chi connectivity index (χ1) is 8.68. The Kier molecular flexibility index (Phi) is 6.12. The van der Waals surface area contributed by atoms with E-state index in [1.807, 2.05) is 20.8 Å². The fourth-order valence-electron chi connectivity index (χ4n) is 1.66. The highest BCUT2D eigenvalue weighted by Crippen LogP contribution is 2.32. The molecule has 101 valence electrons. The minimum Gasteiger partial charge on any atom is -0.508 e. The van der Waals surface area contributed by atoms with Gasteiger partial charge in [-0.05, 0) is 45.0 Å². The highest BCUT2D eigenvalue weighted by atomic mass is 16.7. The van der Waals surface area contributed by atoms with Gasteiger partial charge >= 0.3 is 0 Å². The monoisotopic (exact) mass is 253 g/mol. The van der Waals surface area contributed by atoms with Crippen molar-refractivity contribution in [2.75, 3.05) is 19.8 Å². The van der Waals surface area contributed by atoms with Gasteiger partial charge in [-0.15, -0.1) is 0 Å². The van der Waals surface area contributed by atoms with Crippen molar-refractivity contribution in [2.45, 2.75) is 26.6 Å². The van der Waals surface area contributed by atoms with Crippen LogP contribution in [-0.4, -0.2) is 24.9 Å². The van der Waals surface area contributed by atoms with Crippen molar-refractivity contribution in [2.24, 2.45) is 0 Å². The molecule has 0 spiro atoms. The van der Waals surface area contributed by atoms with Crippen LogP contribution in [0.3, 0.4) is 0 Å². The third kappa shape index (κ3) is 3.70. The Morgan fingerprint density at radius 2 is 1.56 bits per heavy atom. The van der Waals surface area contributed by atoms with Crippen molar-refractivity contribution >= 4 is 0 Å². The van der Waals surface area contributed by atoms with Crippen molar-refractivity contribution in [1.29, 1.82) is 0 Å². The zero-order valence-electron chi connectivity index (χ0n) is 11.2. The molecule has 0 aliphatic carbocycles. The van der Waals surface area contributed by atoms with Crippen LogP contribution in [-0.2, 0) is 20.0 Å². The Hall–Kier alpha value is -1.10. The van der Waals surface area contributed by atoms with Gasteiger partial charge in [0, 0.05) is 25.4 Å². The van der Waals surface area contributed by atoms with E-state index in [-0.39, 0.29) is 5.75 Å². The molecule has 0 fully saturated rings. The second kappa shape index (κ2) is 7.36. The predicted molar refractivity (Wildman–Crippen MR) is 69.0 cm³/mol. The summed E-state index contributed by atoms with van der Waals surface area (Å²) in [7, 11) is 0. The number of rotatable bonds is 8. The highest BCUT2D eigenvalue weighted by Gasteiger charge is 2.35. The van der Waals surface area contributed by atoms with Crippen LogP contribution >= 0.6 is 0 Å². The SMILES string of the molecule is CCO[CH]C(OCC)(OCC)c1ccc(O)cc1. The molecule has 0 heterocycles. The molecule has 0 saturated carbocycles. The number of hydrogen-bond acceptors (Lipinski definition) is 4. The average molecular weight is 253 g/mol. The molecule has 0 aliphatic rings. The minimum absolute atomic E-state index is 0.206. The summed E-state index contributed by atoms with van der Waals surface area (Å²) in [4.78, 5) is 0. The first kappa shape index (κ1) is 15.0. The summed E-state index contributed by atoms with van der Waals surface area (Å²) < 4.78 is 16.8. The van der Waals surface area contributed by atoms with Crippen LogP contribution in [0.2, 0.25) is 0 Å². The third-order valence-corrected chi connectivity index (χ3v) is 2.39. The normalized spacial score (nSPS) is 11.7. The van der Waals surface area contributed by atoms with Crippen LogP contribution in [0.5, 0.6) is 5.75 Å². The molecule has 0 saturated heterocycles. The van der Waals surface area contributed by atoms with Crippen molar-refractivity contribution in [3.63, 3.8) is 0 Å². The molecular weight excluding hydrogens is 232 g/mol. The van der Waals surface area contributed by atoms with Crippen molar-refractivity contribution in [1.82, 2.24) is 0 Å². The minimum atomic E-state index is -1.02. The molecule has 1 N–H and O–H groups in total. The molecule has 0 unspecified atom stereocenters. The molecule has 0 bridgehead atoms.